The fourth-order valence-corrected chi connectivity index (χ4v) is 3.73. The van der Waals surface area contributed by atoms with Gasteiger partial charge in [-0.3, -0.25) is 9.48 Å². The highest BCUT2D eigenvalue weighted by Gasteiger charge is 2.15. The predicted molar refractivity (Wildman–Crippen MR) is 119 cm³/mol. The van der Waals surface area contributed by atoms with Gasteiger partial charge in [0.2, 0.25) is 0 Å². The van der Waals surface area contributed by atoms with Crippen LogP contribution in [0.15, 0.2) is 66.9 Å². The van der Waals surface area contributed by atoms with E-state index in [9.17, 15) is 9.18 Å². The summed E-state index contributed by atoms with van der Waals surface area (Å²) in [6, 6.07) is 19.0. The average molecular weight is 400 g/mol. The fourth-order valence-electron chi connectivity index (χ4n) is 3.73. The lowest BCUT2D eigenvalue weighted by atomic mass is 9.93. The number of nitrogens with zero attached hydrogens (tertiary/aromatic N) is 2. The van der Waals surface area contributed by atoms with Crippen LogP contribution >= 0.6 is 0 Å². The van der Waals surface area contributed by atoms with Gasteiger partial charge in [0.05, 0.1) is 12.1 Å². The van der Waals surface area contributed by atoms with Gasteiger partial charge < -0.3 is 0 Å². The molecule has 0 aliphatic rings. The van der Waals surface area contributed by atoms with Gasteiger partial charge >= 0.3 is 0 Å². The Morgan fingerprint density at radius 1 is 1.10 bits per heavy atom. The van der Waals surface area contributed by atoms with Crippen molar-refractivity contribution in [3.8, 4) is 11.1 Å². The second-order valence-corrected chi connectivity index (χ2v) is 7.90. The van der Waals surface area contributed by atoms with Crippen LogP contribution in [0.1, 0.15) is 41.8 Å². The molecular weight excluding hydrogens is 375 g/mol. The second kappa shape index (κ2) is 8.23. The lowest BCUT2D eigenvalue weighted by molar-refractivity contribution is 0.0927. The van der Waals surface area contributed by atoms with Crippen LogP contribution in [0.4, 0.5) is 4.39 Å². The van der Waals surface area contributed by atoms with Gasteiger partial charge in [-0.1, -0.05) is 56.3 Å². The number of aryl methyl sites for hydroxylation is 1. The summed E-state index contributed by atoms with van der Waals surface area (Å²) in [5.74, 6) is -0.00894. The lowest BCUT2D eigenvalue weighted by Gasteiger charge is -2.09. The number of benzene rings is 3. The molecule has 0 aliphatic heterocycles. The van der Waals surface area contributed by atoms with Crippen LogP contribution in [-0.2, 0) is 6.54 Å². The smallest absolute Gasteiger partial charge is 0.165 e. The number of halogens is 1. The normalized spacial score (nSPS) is 12.3. The van der Waals surface area contributed by atoms with Gasteiger partial charge in [-0.05, 0) is 53.8 Å². The maximum absolute atomic E-state index is 13.6. The van der Waals surface area contributed by atoms with E-state index < -0.39 is 0 Å². The minimum absolute atomic E-state index is 0.0120. The Morgan fingerprint density at radius 3 is 2.67 bits per heavy atom. The van der Waals surface area contributed by atoms with Crippen molar-refractivity contribution in [1.82, 2.24) is 9.78 Å². The van der Waals surface area contributed by atoms with Gasteiger partial charge in [-0.15, -0.1) is 0 Å². The molecule has 3 aromatic carbocycles. The van der Waals surface area contributed by atoms with Gasteiger partial charge in [0, 0.05) is 23.1 Å². The van der Waals surface area contributed by atoms with Gasteiger partial charge in [0.25, 0.3) is 0 Å². The van der Waals surface area contributed by atoms with Crippen LogP contribution in [-0.4, -0.2) is 15.6 Å². The number of hydrogen-bond donors (Lipinski definition) is 0. The zero-order valence-corrected chi connectivity index (χ0v) is 17.5. The highest BCUT2D eigenvalue weighted by Crippen LogP contribution is 2.29. The molecular formula is C26H25FN2O. The molecule has 0 amide bonds. The van der Waals surface area contributed by atoms with E-state index in [1.165, 1.54) is 6.07 Å². The van der Waals surface area contributed by atoms with E-state index in [0.29, 0.717) is 12.1 Å². The van der Waals surface area contributed by atoms with Crippen LogP contribution < -0.4 is 0 Å². The third-order valence-electron chi connectivity index (χ3n) is 5.68. The Labute approximate surface area is 176 Å². The summed E-state index contributed by atoms with van der Waals surface area (Å²) in [5, 5.41) is 5.73. The summed E-state index contributed by atoms with van der Waals surface area (Å²) in [4.78, 5) is 12.6. The molecule has 152 valence electrons. The van der Waals surface area contributed by atoms with Crippen LogP contribution in [0, 0.1) is 18.7 Å². The summed E-state index contributed by atoms with van der Waals surface area (Å²) >= 11 is 0. The van der Waals surface area contributed by atoms with E-state index in [1.54, 1.807) is 13.0 Å². The topological polar surface area (TPSA) is 34.9 Å². The molecule has 1 atom stereocenters. The monoisotopic (exact) mass is 400 g/mol. The first-order valence-electron chi connectivity index (χ1n) is 10.3. The number of carbonyl (C=O) groups excluding carboxylic acids is 1. The molecule has 3 nitrogen and oxygen atoms in total. The number of Topliss-reactive ketones (excluding diaryl/α,β-unsaturated/α-hetero) is 1. The van der Waals surface area contributed by atoms with E-state index in [-0.39, 0.29) is 17.5 Å². The van der Waals surface area contributed by atoms with E-state index in [4.69, 9.17) is 5.10 Å². The molecule has 0 N–H and O–H groups in total. The van der Waals surface area contributed by atoms with Crippen molar-refractivity contribution in [2.75, 3.05) is 0 Å². The van der Waals surface area contributed by atoms with Crippen molar-refractivity contribution < 1.29 is 9.18 Å². The number of ketones is 1. The Kier molecular flexibility index (Phi) is 5.49. The standard InChI is InChI=1S/C26H25FN2O/c1-4-17(2)26(30)21-8-5-7-20(14-21)22-9-6-10-25-23(22)16-29(28-25)15-19-11-12-24(27)18(3)13-19/h5-14,16-17H,4,15H2,1-3H3/t17-/m1/s1. The summed E-state index contributed by atoms with van der Waals surface area (Å²) in [6.45, 7) is 6.34. The molecule has 1 aromatic heterocycles. The Balaban J connectivity index is 1.71. The predicted octanol–water partition coefficient (Wildman–Crippen LogP) is 6.43. The third kappa shape index (κ3) is 3.90. The van der Waals surface area contributed by atoms with Crippen molar-refractivity contribution in [2.45, 2.75) is 33.7 Å². The van der Waals surface area contributed by atoms with Crippen LogP contribution in [0.5, 0.6) is 0 Å². The molecule has 0 fully saturated rings. The van der Waals surface area contributed by atoms with Crippen LogP contribution in [0.3, 0.4) is 0 Å². The zero-order valence-electron chi connectivity index (χ0n) is 17.5. The van der Waals surface area contributed by atoms with Crippen molar-refractivity contribution >= 4 is 16.7 Å². The first-order chi connectivity index (χ1) is 14.5. The number of rotatable bonds is 6. The molecule has 0 saturated heterocycles. The van der Waals surface area contributed by atoms with Crippen molar-refractivity contribution in [2.24, 2.45) is 5.92 Å². The molecule has 0 aliphatic carbocycles. The van der Waals surface area contributed by atoms with Crippen LogP contribution in [0.2, 0.25) is 0 Å². The Morgan fingerprint density at radius 2 is 1.90 bits per heavy atom. The van der Waals surface area contributed by atoms with Gasteiger partial charge in [0.15, 0.2) is 5.78 Å². The minimum Gasteiger partial charge on any atom is -0.294 e. The van der Waals surface area contributed by atoms with Gasteiger partial charge in [-0.2, -0.15) is 5.10 Å². The third-order valence-corrected chi connectivity index (χ3v) is 5.68. The molecule has 0 spiro atoms. The molecule has 0 radical (unpaired) electrons. The van der Waals surface area contributed by atoms with Crippen LogP contribution in [0.25, 0.3) is 22.0 Å². The first-order valence-corrected chi connectivity index (χ1v) is 10.3. The fraction of sp³-hybridized carbons (Fsp3) is 0.231. The van der Waals surface area contributed by atoms with E-state index in [0.717, 1.165) is 39.6 Å². The molecule has 4 aromatic rings. The number of fused-ring (bicyclic) bond motifs is 1. The number of hydrogen-bond acceptors (Lipinski definition) is 2. The molecule has 0 unspecified atom stereocenters. The maximum atomic E-state index is 13.6. The summed E-state index contributed by atoms with van der Waals surface area (Å²) in [5.41, 5.74) is 5.33. The minimum atomic E-state index is -0.196. The SMILES string of the molecule is CC[C@@H](C)C(=O)c1cccc(-c2cccc3nn(Cc4ccc(F)c(C)c4)cc23)c1. The quantitative estimate of drug-likeness (QED) is 0.350. The van der Waals surface area contributed by atoms with E-state index in [2.05, 4.69) is 6.07 Å². The van der Waals surface area contributed by atoms with Crippen molar-refractivity contribution in [1.29, 1.82) is 0 Å². The summed E-state index contributed by atoms with van der Waals surface area (Å²) in [6.07, 6.45) is 2.85. The maximum Gasteiger partial charge on any atom is 0.165 e. The highest BCUT2D eigenvalue weighted by atomic mass is 19.1. The first kappa shape index (κ1) is 20.0. The second-order valence-electron chi connectivity index (χ2n) is 7.90. The van der Waals surface area contributed by atoms with Gasteiger partial charge in [0.1, 0.15) is 5.82 Å². The lowest BCUT2D eigenvalue weighted by Crippen LogP contribution is -2.10. The number of carbonyl (C=O) groups is 1. The molecule has 30 heavy (non-hydrogen) atoms. The Bertz CT molecular complexity index is 1220. The highest BCUT2D eigenvalue weighted by molar-refractivity contribution is 6.00. The molecule has 4 rings (SSSR count). The van der Waals surface area contributed by atoms with Gasteiger partial charge in [-0.25, -0.2) is 4.39 Å². The van der Waals surface area contributed by atoms with Crippen molar-refractivity contribution in [3.05, 3.63) is 89.4 Å². The molecule has 4 heteroatoms. The van der Waals surface area contributed by atoms with Crippen molar-refractivity contribution in [3.63, 3.8) is 0 Å². The summed E-state index contributed by atoms with van der Waals surface area (Å²) < 4.78 is 15.4. The summed E-state index contributed by atoms with van der Waals surface area (Å²) in [7, 11) is 0. The Hall–Kier alpha value is -3.27. The molecule has 1 heterocycles. The largest absolute Gasteiger partial charge is 0.294 e. The number of aromatic nitrogens is 2. The van der Waals surface area contributed by atoms with E-state index in [1.807, 2.05) is 67.2 Å². The molecule has 0 bridgehead atoms. The van der Waals surface area contributed by atoms with E-state index >= 15 is 0 Å². The zero-order chi connectivity index (χ0) is 21.3. The molecule has 0 saturated carbocycles. The average Bonchev–Trinajstić information content (AvgIpc) is 3.17.